The Morgan fingerprint density at radius 1 is 1.28 bits per heavy atom. The molecule has 2 rings (SSSR count). The minimum atomic E-state index is -0.865. The van der Waals surface area contributed by atoms with Gasteiger partial charge < -0.3 is 5.11 Å². The predicted molar refractivity (Wildman–Crippen MR) is 77.4 cm³/mol. The van der Waals surface area contributed by atoms with Gasteiger partial charge in [-0.1, -0.05) is 49.6 Å². The topological polar surface area (TPSA) is 20.2 Å². The molecule has 0 saturated heterocycles. The Morgan fingerprint density at radius 3 is 2.44 bits per heavy atom. The third-order valence-corrected chi connectivity index (χ3v) is 5.30. The monoisotopic (exact) mass is 286 g/mol. The van der Waals surface area contributed by atoms with E-state index in [4.69, 9.17) is 23.2 Å². The number of halogens is 2. The fourth-order valence-electron chi connectivity index (χ4n) is 3.00. The molecule has 0 spiro atoms. The summed E-state index contributed by atoms with van der Waals surface area (Å²) in [4.78, 5) is 0. The fraction of sp³-hybridized carbons (Fsp3) is 0.600. The average molecular weight is 287 g/mol. The molecule has 0 bridgehead atoms. The van der Waals surface area contributed by atoms with Crippen LogP contribution in [-0.4, -0.2) is 16.6 Å². The van der Waals surface area contributed by atoms with Crippen molar-refractivity contribution in [2.24, 2.45) is 5.41 Å². The number of rotatable bonds is 4. The molecule has 1 saturated carbocycles. The molecule has 1 fully saturated rings. The molecule has 1 atom stereocenters. The van der Waals surface area contributed by atoms with E-state index in [1.165, 1.54) is 12.8 Å². The molecule has 18 heavy (non-hydrogen) atoms. The molecular weight excluding hydrogens is 267 g/mol. The van der Waals surface area contributed by atoms with Gasteiger partial charge in [0.2, 0.25) is 0 Å². The summed E-state index contributed by atoms with van der Waals surface area (Å²) in [6, 6.07) is 7.69. The van der Waals surface area contributed by atoms with E-state index in [0.29, 0.717) is 11.4 Å². The second-order valence-electron chi connectivity index (χ2n) is 5.70. The highest BCUT2D eigenvalue weighted by atomic mass is 35.5. The summed E-state index contributed by atoms with van der Waals surface area (Å²) in [7, 11) is 0. The maximum atomic E-state index is 11.0. The Morgan fingerprint density at radius 2 is 1.89 bits per heavy atom. The lowest BCUT2D eigenvalue weighted by molar-refractivity contribution is -0.0540. The van der Waals surface area contributed by atoms with Crippen LogP contribution in [0.3, 0.4) is 0 Å². The Bertz CT molecular complexity index is 413. The quantitative estimate of drug-likeness (QED) is 0.812. The maximum Gasteiger partial charge on any atom is 0.0876 e. The van der Waals surface area contributed by atoms with Gasteiger partial charge in [0.15, 0.2) is 0 Å². The van der Waals surface area contributed by atoms with Gasteiger partial charge in [-0.2, -0.15) is 0 Å². The van der Waals surface area contributed by atoms with Crippen LogP contribution >= 0.6 is 23.2 Å². The van der Waals surface area contributed by atoms with E-state index in [9.17, 15) is 5.11 Å². The highest BCUT2D eigenvalue weighted by molar-refractivity contribution is 6.31. The van der Waals surface area contributed by atoms with Gasteiger partial charge in [0.05, 0.1) is 11.5 Å². The molecule has 1 aromatic rings. The van der Waals surface area contributed by atoms with E-state index in [0.717, 1.165) is 18.4 Å². The Hall–Kier alpha value is -0.240. The highest BCUT2D eigenvalue weighted by Crippen LogP contribution is 2.48. The van der Waals surface area contributed by atoms with E-state index in [-0.39, 0.29) is 11.3 Å². The van der Waals surface area contributed by atoms with Crippen LogP contribution in [0.5, 0.6) is 0 Å². The lowest BCUT2D eigenvalue weighted by Crippen LogP contribution is -2.48. The molecule has 1 N–H and O–H groups in total. The Labute approximate surface area is 119 Å². The average Bonchev–Trinajstić information content (AvgIpc) is 2.81. The molecule has 1 nitrogen and oxygen atoms in total. The molecule has 1 aliphatic carbocycles. The van der Waals surface area contributed by atoms with Crippen LogP contribution in [0.25, 0.3) is 0 Å². The van der Waals surface area contributed by atoms with Gasteiger partial charge in [0.25, 0.3) is 0 Å². The van der Waals surface area contributed by atoms with Crippen LogP contribution in [0.1, 0.15) is 38.2 Å². The highest BCUT2D eigenvalue weighted by Gasteiger charge is 2.47. The van der Waals surface area contributed by atoms with Crippen molar-refractivity contribution in [1.82, 2.24) is 0 Å². The van der Waals surface area contributed by atoms with Gasteiger partial charge in [0, 0.05) is 11.4 Å². The molecule has 100 valence electrons. The first-order chi connectivity index (χ1) is 8.51. The molecule has 0 aliphatic heterocycles. The predicted octanol–water partition coefficient (Wildman–Crippen LogP) is 4.43. The van der Waals surface area contributed by atoms with Crippen molar-refractivity contribution in [1.29, 1.82) is 0 Å². The van der Waals surface area contributed by atoms with Crippen molar-refractivity contribution in [2.45, 2.75) is 44.6 Å². The summed E-state index contributed by atoms with van der Waals surface area (Å²) in [6.07, 6.45) is 4.98. The van der Waals surface area contributed by atoms with Gasteiger partial charge in [0.1, 0.15) is 0 Å². The van der Waals surface area contributed by atoms with Crippen molar-refractivity contribution >= 4 is 23.2 Å². The van der Waals surface area contributed by atoms with Crippen LogP contribution in [0.2, 0.25) is 5.02 Å². The van der Waals surface area contributed by atoms with Crippen LogP contribution < -0.4 is 0 Å². The van der Waals surface area contributed by atoms with Crippen molar-refractivity contribution in [3.8, 4) is 0 Å². The minimum absolute atomic E-state index is 0.0894. The second kappa shape index (κ2) is 5.40. The van der Waals surface area contributed by atoms with Crippen molar-refractivity contribution in [2.75, 3.05) is 5.88 Å². The standard InChI is InChI=1S/C15H20Cl2O/c1-14(8-4-5-9-14)15(18,11-16)10-12-6-2-3-7-13(12)17/h2-3,6-7,18H,4-5,8-11H2,1H3. The SMILES string of the molecule is CC1(C(O)(CCl)Cc2ccccc2Cl)CCCC1. The maximum absolute atomic E-state index is 11.0. The van der Waals surface area contributed by atoms with Crippen LogP contribution in [0.4, 0.5) is 0 Å². The largest absolute Gasteiger partial charge is 0.388 e. The van der Waals surface area contributed by atoms with Crippen molar-refractivity contribution in [3.63, 3.8) is 0 Å². The lowest BCUT2D eigenvalue weighted by atomic mass is 9.70. The molecule has 1 aliphatic rings. The Balaban J connectivity index is 2.26. The molecule has 3 heteroatoms. The molecule has 0 amide bonds. The fourth-order valence-corrected chi connectivity index (χ4v) is 3.62. The molecular formula is C15H20Cl2O. The van der Waals surface area contributed by atoms with Gasteiger partial charge >= 0.3 is 0 Å². The third kappa shape index (κ3) is 2.54. The molecule has 0 heterocycles. The van der Waals surface area contributed by atoms with Gasteiger partial charge in [-0.3, -0.25) is 0 Å². The third-order valence-electron chi connectivity index (χ3n) is 4.49. The number of aliphatic hydroxyl groups is 1. The summed E-state index contributed by atoms with van der Waals surface area (Å²) in [6.45, 7) is 2.15. The second-order valence-corrected chi connectivity index (χ2v) is 6.38. The summed E-state index contributed by atoms with van der Waals surface area (Å²) in [5.74, 6) is 0.259. The summed E-state index contributed by atoms with van der Waals surface area (Å²) < 4.78 is 0. The molecule has 0 radical (unpaired) electrons. The minimum Gasteiger partial charge on any atom is -0.388 e. The zero-order chi connectivity index (χ0) is 13.2. The lowest BCUT2D eigenvalue weighted by Gasteiger charge is -2.42. The first-order valence-corrected chi connectivity index (χ1v) is 7.44. The first-order valence-electron chi connectivity index (χ1n) is 6.52. The van der Waals surface area contributed by atoms with Crippen molar-refractivity contribution < 1.29 is 5.11 Å². The van der Waals surface area contributed by atoms with E-state index in [1.807, 2.05) is 24.3 Å². The van der Waals surface area contributed by atoms with E-state index in [1.54, 1.807) is 0 Å². The smallest absolute Gasteiger partial charge is 0.0876 e. The Kier molecular flexibility index (Phi) is 4.25. The van der Waals surface area contributed by atoms with Crippen LogP contribution in [0.15, 0.2) is 24.3 Å². The van der Waals surface area contributed by atoms with Gasteiger partial charge in [-0.05, 0) is 29.9 Å². The van der Waals surface area contributed by atoms with Crippen molar-refractivity contribution in [3.05, 3.63) is 34.9 Å². The zero-order valence-electron chi connectivity index (χ0n) is 10.8. The van der Waals surface area contributed by atoms with E-state index >= 15 is 0 Å². The summed E-state index contributed by atoms with van der Waals surface area (Å²) >= 11 is 12.3. The normalized spacial score (nSPS) is 21.8. The number of alkyl halides is 1. The number of hydrogen-bond donors (Lipinski definition) is 1. The van der Waals surface area contributed by atoms with Crippen LogP contribution in [-0.2, 0) is 6.42 Å². The van der Waals surface area contributed by atoms with Gasteiger partial charge in [-0.15, -0.1) is 11.6 Å². The molecule has 1 unspecified atom stereocenters. The van der Waals surface area contributed by atoms with Gasteiger partial charge in [-0.25, -0.2) is 0 Å². The number of benzene rings is 1. The van der Waals surface area contributed by atoms with E-state index in [2.05, 4.69) is 6.92 Å². The molecule has 1 aromatic carbocycles. The summed E-state index contributed by atoms with van der Waals surface area (Å²) in [5, 5.41) is 11.7. The van der Waals surface area contributed by atoms with Crippen LogP contribution in [0, 0.1) is 5.41 Å². The zero-order valence-corrected chi connectivity index (χ0v) is 12.3. The first kappa shape index (κ1) is 14.2. The van der Waals surface area contributed by atoms with E-state index < -0.39 is 5.60 Å². The molecule has 0 aromatic heterocycles. The summed E-state index contributed by atoms with van der Waals surface area (Å²) in [5.41, 5.74) is 0.0275. The number of hydrogen-bond acceptors (Lipinski definition) is 1.